The number of nitrogens with one attached hydrogen (secondary N) is 1. The number of benzene rings is 1. The van der Waals surface area contributed by atoms with E-state index in [0.717, 1.165) is 11.6 Å². The molecule has 2 aromatic heterocycles. The first-order valence-electron chi connectivity index (χ1n) is 8.22. The Bertz CT molecular complexity index is 950. The molecule has 0 saturated heterocycles. The lowest BCUT2D eigenvalue weighted by molar-refractivity contribution is -0.141. The summed E-state index contributed by atoms with van der Waals surface area (Å²) < 4.78 is 50.2. The maximum atomic E-state index is 13.3. The van der Waals surface area contributed by atoms with Crippen molar-refractivity contribution in [3.63, 3.8) is 0 Å². The Morgan fingerprint density at radius 3 is 2.36 bits per heavy atom. The first-order chi connectivity index (χ1) is 13.4. The van der Waals surface area contributed by atoms with Gasteiger partial charge < -0.3 is 14.8 Å². The minimum absolute atomic E-state index is 0.0404. The number of alkyl halides is 3. The summed E-state index contributed by atoms with van der Waals surface area (Å²) in [6, 6.07) is 9.17. The van der Waals surface area contributed by atoms with E-state index in [9.17, 15) is 13.2 Å². The summed E-state index contributed by atoms with van der Waals surface area (Å²) in [6.07, 6.45) is -1.67. The van der Waals surface area contributed by atoms with Crippen molar-refractivity contribution in [1.82, 2.24) is 15.0 Å². The summed E-state index contributed by atoms with van der Waals surface area (Å²) in [4.78, 5) is 11.7. The van der Waals surface area contributed by atoms with E-state index < -0.39 is 11.9 Å². The molecule has 0 unspecified atom stereocenters. The molecule has 3 rings (SSSR count). The standard InChI is InChI=1S/C19H17F3N4O2/c1-27-14-4-3-13(15(9-14)28-2)11-24-17-10-16(19(20,21)22)25-18(26-17)12-5-7-23-8-6-12/h3-10H,11H2,1-2H3,(H,24,25,26). The largest absolute Gasteiger partial charge is 0.497 e. The summed E-state index contributed by atoms with van der Waals surface area (Å²) in [5, 5.41) is 2.91. The van der Waals surface area contributed by atoms with Crippen molar-refractivity contribution in [2.75, 3.05) is 19.5 Å². The third kappa shape index (κ3) is 4.48. The van der Waals surface area contributed by atoms with E-state index in [0.29, 0.717) is 17.1 Å². The van der Waals surface area contributed by atoms with Crippen LogP contribution < -0.4 is 14.8 Å². The molecule has 0 aliphatic carbocycles. The highest BCUT2D eigenvalue weighted by Crippen LogP contribution is 2.31. The summed E-state index contributed by atoms with van der Waals surface area (Å²) >= 11 is 0. The highest BCUT2D eigenvalue weighted by molar-refractivity contribution is 5.57. The van der Waals surface area contributed by atoms with Gasteiger partial charge in [0.05, 0.1) is 14.2 Å². The van der Waals surface area contributed by atoms with Crippen LogP contribution in [0.2, 0.25) is 0 Å². The highest BCUT2D eigenvalue weighted by Gasteiger charge is 2.33. The van der Waals surface area contributed by atoms with Crippen LogP contribution in [0.3, 0.4) is 0 Å². The number of anilines is 1. The monoisotopic (exact) mass is 390 g/mol. The molecule has 28 heavy (non-hydrogen) atoms. The lowest BCUT2D eigenvalue weighted by Gasteiger charge is -2.14. The second kappa shape index (κ2) is 8.12. The van der Waals surface area contributed by atoms with Crippen molar-refractivity contribution in [3.8, 4) is 22.9 Å². The molecule has 0 amide bonds. The van der Waals surface area contributed by atoms with Crippen LogP contribution in [-0.4, -0.2) is 29.2 Å². The summed E-state index contributed by atoms with van der Waals surface area (Å²) in [6.45, 7) is 0.206. The number of pyridine rings is 1. The van der Waals surface area contributed by atoms with Crippen molar-refractivity contribution in [1.29, 1.82) is 0 Å². The van der Waals surface area contributed by atoms with Crippen molar-refractivity contribution in [3.05, 3.63) is 60.0 Å². The molecule has 0 atom stereocenters. The van der Waals surface area contributed by atoms with Crippen LogP contribution >= 0.6 is 0 Å². The van der Waals surface area contributed by atoms with Crippen molar-refractivity contribution >= 4 is 5.82 Å². The molecule has 146 valence electrons. The van der Waals surface area contributed by atoms with Crippen LogP contribution in [0.15, 0.2) is 48.8 Å². The zero-order chi connectivity index (χ0) is 20.1. The van der Waals surface area contributed by atoms with Gasteiger partial charge in [0.25, 0.3) is 0 Å². The predicted octanol–water partition coefficient (Wildman–Crippen LogP) is 4.19. The van der Waals surface area contributed by atoms with Gasteiger partial charge in [-0.25, -0.2) is 9.97 Å². The van der Waals surface area contributed by atoms with E-state index in [-0.39, 0.29) is 18.2 Å². The fourth-order valence-corrected chi connectivity index (χ4v) is 2.50. The normalized spacial score (nSPS) is 11.2. The van der Waals surface area contributed by atoms with Crippen molar-refractivity contribution in [2.24, 2.45) is 0 Å². The number of halogens is 3. The first-order valence-corrected chi connectivity index (χ1v) is 8.22. The highest BCUT2D eigenvalue weighted by atomic mass is 19.4. The summed E-state index contributed by atoms with van der Waals surface area (Å²) in [7, 11) is 3.04. The first kappa shape index (κ1) is 19.4. The molecule has 6 nitrogen and oxygen atoms in total. The molecule has 0 saturated carbocycles. The fourth-order valence-electron chi connectivity index (χ4n) is 2.50. The van der Waals surface area contributed by atoms with Gasteiger partial charge >= 0.3 is 6.18 Å². The number of aromatic nitrogens is 3. The Hall–Kier alpha value is -3.36. The smallest absolute Gasteiger partial charge is 0.433 e. The van der Waals surface area contributed by atoms with E-state index >= 15 is 0 Å². The number of methoxy groups -OCH3 is 2. The average molecular weight is 390 g/mol. The van der Waals surface area contributed by atoms with Crippen LogP contribution in [0.4, 0.5) is 19.0 Å². The van der Waals surface area contributed by atoms with Gasteiger partial charge in [0.2, 0.25) is 0 Å². The van der Waals surface area contributed by atoms with Crippen molar-refractivity contribution < 1.29 is 22.6 Å². The third-order valence-corrected chi connectivity index (χ3v) is 3.91. The Kier molecular flexibility index (Phi) is 5.62. The third-order valence-electron chi connectivity index (χ3n) is 3.91. The van der Waals surface area contributed by atoms with Gasteiger partial charge in [0.1, 0.15) is 17.3 Å². The second-order valence-electron chi connectivity index (χ2n) is 5.73. The Morgan fingerprint density at radius 2 is 1.71 bits per heavy atom. The summed E-state index contributed by atoms with van der Waals surface area (Å²) in [5.74, 6) is 1.17. The van der Waals surface area contributed by atoms with Gasteiger partial charge in [-0.05, 0) is 24.3 Å². The topological polar surface area (TPSA) is 69.2 Å². The number of nitrogens with zero attached hydrogens (tertiary/aromatic N) is 3. The molecule has 3 aromatic rings. The Balaban J connectivity index is 1.91. The molecule has 1 N–H and O–H groups in total. The summed E-state index contributed by atoms with van der Waals surface area (Å²) in [5.41, 5.74) is 0.144. The van der Waals surface area contributed by atoms with Gasteiger partial charge in [-0.15, -0.1) is 0 Å². The molecule has 1 aromatic carbocycles. The molecule has 9 heteroatoms. The molecule has 0 radical (unpaired) electrons. The minimum atomic E-state index is -4.60. The van der Waals surface area contributed by atoms with E-state index in [4.69, 9.17) is 9.47 Å². The molecular formula is C19H17F3N4O2. The van der Waals surface area contributed by atoms with Crippen LogP contribution in [0.5, 0.6) is 11.5 Å². The number of ether oxygens (including phenoxy) is 2. The quantitative estimate of drug-likeness (QED) is 0.681. The lowest BCUT2D eigenvalue weighted by atomic mass is 10.2. The molecule has 0 spiro atoms. The Labute approximate surface area is 159 Å². The SMILES string of the molecule is COc1ccc(CNc2cc(C(F)(F)F)nc(-c3ccncc3)n2)c(OC)c1. The van der Waals surface area contributed by atoms with Crippen LogP contribution in [-0.2, 0) is 12.7 Å². The van der Waals surface area contributed by atoms with Gasteiger partial charge in [0, 0.05) is 42.2 Å². The molecule has 0 aliphatic rings. The van der Waals surface area contributed by atoms with E-state index in [1.54, 1.807) is 30.3 Å². The zero-order valence-electron chi connectivity index (χ0n) is 15.1. The fraction of sp³-hybridized carbons (Fsp3) is 0.211. The second-order valence-corrected chi connectivity index (χ2v) is 5.73. The predicted molar refractivity (Wildman–Crippen MR) is 97.1 cm³/mol. The van der Waals surface area contributed by atoms with E-state index in [1.807, 2.05) is 0 Å². The molecule has 0 fully saturated rings. The number of hydrogen-bond acceptors (Lipinski definition) is 6. The maximum Gasteiger partial charge on any atom is 0.433 e. The van der Waals surface area contributed by atoms with Gasteiger partial charge in [0.15, 0.2) is 11.5 Å². The number of hydrogen-bond donors (Lipinski definition) is 1. The number of rotatable bonds is 6. The van der Waals surface area contributed by atoms with E-state index in [1.165, 1.54) is 26.6 Å². The van der Waals surface area contributed by atoms with Gasteiger partial charge in [-0.2, -0.15) is 13.2 Å². The molecular weight excluding hydrogens is 373 g/mol. The lowest BCUT2D eigenvalue weighted by Crippen LogP contribution is -2.12. The maximum absolute atomic E-state index is 13.3. The van der Waals surface area contributed by atoms with E-state index in [2.05, 4.69) is 20.3 Å². The molecule has 0 aliphatic heterocycles. The van der Waals surface area contributed by atoms with Crippen LogP contribution in [0.1, 0.15) is 11.3 Å². The molecule has 0 bridgehead atoms. The van der Waals surface area contributed by atoms with Gasteiger partial charge in [-0.1, -0.05) is 0 Å². The van der Waals surface area contributed by atoms with Crippen molar-refractivity contribution in [2.45, 2.75) is 12.7 Å². The Morgan fingerprint density at radius 1 is 0.964 bits per heavy atom. The zero-order valence-corrected chi connectivity index (χ0v) is 15.1. The average Bonchev–Trinajstić information content (AvgIpc) is 2.72. The van der Waals surface area contributed by atoms with Crippen LogP contribution in [0, 0.1) is 0 Å². The minimum Gasteiger partial charge on any atom is -0.497 e. The van der Waals surface area contributed by atoms with Crippen LogP contribution in [0.25, 0.3) is 11.4 Å². The van der Waals surface area contributed by atoms with Gasteiger partial charge in [-0.3, -0.25) is 4.98 Å². The molecule has 2 heterocycles.